The van der Waals surface area contributed by atoms with Gasteiger partial charge in [0.05, 0.1) is 0 Å². The van der Waals surface area contributed by atoms with Crippen molar-refractivity contribution in [1.82, 2.24) is 5.32 Å². The summed E-state index contributed by atoms with van der Waals surface area (Å²) >= 11 is 1.75. The van der Waals surface area contributed by atoms with Crippen LogP contribution >= 0.6 is 23.7 Å². The highest BCUT2D eigenvalue weighted by atomic mass is 35.5. The Labute approximate surface area is 126 Å². The van der Waals surface area contributed by atoms with Gasteiger partial charge in [0, 0.05) is 23.9 Å². The average molecular weight is 305 g/mol. The smallest absolute Gasteiger partial charge is 0.220 e. The summed E-state index contributed by atoms with van der Waals surface area (Å²) in [5, 5.41) is 5.10. The van der Waals surface area contributed by atoms with Gasteiger partial charge in [0.2, 0.25) is 5.91 Å². The monoisotopic (exact) mass is 304 g/mol. The van der Waals surface area contributed by atoms with E-state index in [2.05, 4.69) is 29.8 Å². The number of amides is 1. The van der Waals surface area contributed by atoms with Gasteiger partial charge in [-0.25, -0.2) is 0 Å². The Bertz CT molecular complexity index is 330. The molecule has 1 aromatic rings. The molecule has 0 aromatic carbocycles. The number of nitrogens with two attached hydrogens (primary N) is 1. The van der Waals surface area contributed by atoms with E-state index in [0.29, 0.717) is 13.0 Å². The molecule has 3 nitrogen and oxygen atoms in total. The van der Waals surface area contributed by atoms with E-state index >= 15 is 0 Å². The minimum Gasteiger partial charge on any atom is -0.352 e. The maximum absolute atomic E-state index is 11.7. The molecule has 1 atom stereocenters. The molecule has 0 spiro atoms. The molecule has 3 N–H and O–H groups in total. The highest BCUT2D eigenvalue weighted by Gasteiger charge is 2.09. The van der Waals surface area contributed by atoms with E-state index in [-0.39, 0.29) is 24.4 Å². The van der Waals surface area contributed by atoms with Gasteiger partial charge in [0.15, 0.2) is 0 Å². The molecule has 1 rings (SSSR count). The topological polar surface area (TPSA) is 55.1 Å². The molecule has 5 heteroatoms. The molecule has 0 saturated heterocycles. The molecular formula is C14H25ClN2OS. The fourth-order valence-electron chi connectivity index (χ4n) is 1.88. The van der Waals surface area contributed by atoms with Crippen LogP contribution in [0.25, 0.3) is 0 Å². The predicted octanol–water partition coefficient (Wildman–Crippen LogP) is 3.13. The number of thiophene rings is 1. The van der Waals surface area contributed by atoms with Crippen molar-refractivity contribution in [2.45, 2.75) is 51.5 Å². The summed E-state index contributed by atoms with van der Waals surface area (Å²) in [5.74, 6) is 0.137. The van der Waals surface area contributed by atoms with Crippen LogP contribution in [0.4, 0.5) is 0 Å². The number of aryl methyl sites for hydroxylation is 1. The van der Waals surface area contributed by atoms with Crippen molar-refractivity contribution in [3.05, 3.63) is 22.4 Å². The second-order valence-electron chi connectivity index (χ2n) is 4.58. The van der Waals surface area contributed by atoms with E-state index in [1.807, 2.05) is 0 Å². The van der Waals surface area contributed by atoms with Crippen molar-refractivity contribution in [2.24, 2.45) is 5.73 Å². The number of halogens is 1. The Hall–Kier alpha value is -0.580. The third-order valence-corrected chi connectivity index (χ3v) is 3.90. The molecule has 0 aliphatic carbocycles. The zero-order chi connectivity index (χ0) is 13.2. The van der Waals surface area contributed by atoms with E-state index in [0.717, 1.165) is 32.1 Å². The number of hydrogen-bond acceptors (Lipinski definition) is 3. The second kappa shape index (κ2) is 11.3. The first-order valence-electron chi connectivity index (χ1n) is 6.78. The largest absolute Gasteiger partial charge is 0.352 e. The van der Waals surface area contributed by atoms with Gasteiger partial charge < -0.3 is 11.1 Å². The fraction of sp³-hybridized carbons (Fsp3) is 0.643. The van der Waals surface area contributed by atoms with Gasteiger partial charge >= 0.3 is 0 Å². The Balaban J connectivity index is 0.00000324. The van der Waals surface area contributed by atoms with Gasteiger partial charge in [-0.3, -0.25) is 4.79 Å². The molecule has 1 amide bonds. The van der Waals surface area contributed by atoms with E-state index in [9.17, 15) is 4.79 Å². The number of carbonyl (C=O) groups excluding carboxylic acids is 1. The van der Waals surface area contributed by atoms with Crippen molar-refractivity contribution < 1.29 is 4.79 Å². The van der Waals surface area contributed by atoms with Gasteiger partial charge in [-0.2, -0.15) is 0 Å². The van der Waals surface area contributed by atoms with Gasteiger partial charge in [-0.15, -0.1) is 23.7 Å². The van der Waals surface area contributed by atoms with Gasteiger partial charge in [0.25, 0.3) is 0 Å². The van der Waals surface area contributed by atoms with Crippen LogP contribution < -0.4 is 11.1 Å². The third kappa shape index (κ3) is 8.24. The molecule has 0 fully saturated rings. The zero-order valence-corrected chi connectivity index (χ0v) is 13.2. The van der Waals surface area contributed by atoms with Crippen LogP contribution in [0.5, 0.6) is 0 Å². The first-order chi connectivity index (χ1) is 8.76. The van der Waals surface area contributed by atoms with Gasteiger partial charge in [-0.1, -0.05) is 25.8 Å². The zero-order valence-electron chi connectivity index (χ0n) is 11.6. The summed E-state index contributed by atoms with van der Waals surface area (Å²) in [6, 6.07) is 4.32. The van der Waals surface area contributed by atoms with Crippen LogP contribution in [0.1, 0.15) is 43.9 Å². The minimum absolute atomic E-state index is 0. The molecule has 1 unspecified atom stereocenters. The summed E-state index contributed by atoms with van der Waals surface area (Å²) in [7, 11) is 0. The predicted molar refractivity (Wildman–Crippen MR) is 85.0 cm³/mol. The highest BCUT2D eigenvalue weighted by Crippen LogP contribution is 2.11. The van der Waals surface area contributed by atoms with E-state index in [1.165, 1.54) is 4.88 Å². The van der Waals surface area contributed by atoms with Crippen LogP contribution in [0.3, 0.4) is 0 Å². The second-order valence-corrected chi connectivity index (χ2v) is 5.61. The van der Waals surface area contributed by atoms with Crippen LogP contribution in [-0.4, -0.2) is 18.5 Å². The summed E-state index contributed by atoms with van der Waals surface area (Å²) in [6.07, 6.45) is 5.76. The van der Waals surface area contributed by atoms with Crippen molar-refractivity contribution in [1.29, 1.82) is 0 Å². The summed E-state index contributed by atoms with van der Waals surface area (Å²) in [5.41, 5.74) is 5.65. The Morgan fingerprint density at radius 3 is 2.84 bits per heavy atom. The molecule has 0 aliphatic heterocycles. The molecule has 0 radical (unpaired) electrons. The molecule has 19 heavy (non-hydrogen) atoms. The maximum atomic E-state index is 11.7. The lowest BCUT2D eigenvalue weighted by Gasteiger charge is -2.16. The van der Waals surface area contributed by atoms with E-state index < -0.39 is 0 Å². The lowest BCUT2D eigenvalue weighted by Crippen LogP contribution is -2.40. The molecule has 0 saturated carbocycles. The fourth-order valence-corrected chi connectivity index (χ4v) is 2.63. The standard InChI is InChI=1S/C14H24N2OS.ClH/c1-2-3-6-12(11-15)16-14(17)9-4-7-13-8-5-10-18-13;/h5,8,10,12H,2-4,6-7,9,11,15H2,1H3,(H,16,17);1H. The summed E-state index contributed by atoms with van der Waals surface area (Å²) in [4.78, 5) is 13.1. The van der Waals surface area contributed by atoms with Crippen molar-refractivity contribution in [3.63, 3.8) is 0 Å². The summed E-state index contributed by atoms with van der Waals surface area (Å²) < 4.78 is 0. The Morgan fingerprint density at radius 1 is 1.47 bits per heavy atom. The molecule has 0 aliphatic rings. The Kier molecular flexibility index (Phi) is 10.9. The first kappa shape index (κ1) is 18.4. The van der Waals surface area contributed by atoms with Crippen LogP contribution in [0.2, 0.25) is 0 Å². The lowest BCUT2D eigenvalue weighted by molar-refractivity contribution is -0.121. The molecule has 110 valence electrons. The van der Waals surface area contributed by atoms with Crippen LogP contribution in [-0.2, 0) is 11.2 Å². The van der Waals surface area contributed by atoms with E-state index in [4.69, 9.17) is 5.73 Å². The minimum atomic E-state index is 0. The number of rotatable bonds is 9. The van der Waals surface area contributed by atoms with Crippen LogP contribution in [0, 0.1) is 0 Å². The average Bonchev–Trinajstić information content (AvgIpc) is 2.87. The Morgan fingerprint density at radius 2 is 2.26 bits per heavy atom. The molecule has 1 aromatic heterocycles. The van der Waals surface area contributed by atoms with Crippen molar-refractivity contribution >= 4 is 29.7 Å². The normalized spacial score (nSPS) is 11.7. The van der Waals surface area contributed by atoms with Crippen molar-refractivity contribution in [3.8, 4) is 0 Å². The SMILES string of the molecule is CCCCC(CN)NC(=O)CCCc1cccs1.Cl. The molecule has 1 heterocycles. The third-order valence-electron chi connectivity index (χ3n) is 2.96. The van der Waals surface area contributed by atoms with Gasteiger partial charge in [0.1, 0.15) is 0 Å². The number of unbranched alkanes of at least 4 members (excludes halogenated alkanes) is 1. The first-order valence-corrected chi connectivity index (χ1v) is 7.66. The highest BCUT2D eigenvalue weighted by molar-refractivity contribution is 7.09. The van der Waals surface area contributed by atoms with Crippen molar-refractivity contribution in [2.75, 3.05) is 6.54 Å². The van der Waals surface area contributed by atoms with Gasteiger partial charge in [-0.05, 0) is 30.7 Å². The van der Waals surface area contributed by atoms with E-state index in [1.54, 1.807) is 11.3 Å². The quantitative estimate of drug-likeness (QED) is 0.736. The van der Waals surface area contributed by atoms with Crippen LogP contribution in [0.15, 0.2) is 17.5 Å². The molecular weight excluding hydrogens is 280 g/mol. The number of hydrogen-bond donors (Lipinski definition) is 2. The number of nitrogens with one attached hydrogen (secondary N) is 1. The maximum Gasteiger partial charge on any atom is 0.220 e. The number of carbonyl (C=O) groups is 1. The summed E-state index contributed by atoms with van der Waals surface area (Å²) in [6.45, 7) is 2.69. The molecule has 0 bridgehead atoms. The lowest BCUT2D eigenvalue weighted by atomic mass is 10.1.